The van der Waals surface area contributed by atoms with Gasteiger partial charge in [0.25, 0.3) is 5.91 Å². The number of thiazole rings is 1. The van der Waals surface area contributed by atoms with Crippen LogP contribution in [0.4, 0.5) is 0 Å². The van der Waals surface area contributed by atoms with Crippen LogP contribution < -0.4 is 26.6 Å². The molecule has 4 rings (SSSR count). The number of carbonyl (C=O) groups is 7. The third-order valence-corrected chi connectivity index (χ3v) is 10.8. The molecule has 2 aliphatic heterocycles. The summed E-state index contributed by atoms with van der Waals surface area (Å²) in [6.07, 6.45) is -0.119. The summed E-state index contributed by atoms with van der Waals surface area (Å²) in [6.45, 7) is 11.0. The van der Waals surface area contributed by atoms with Crippen LogP contribution in [-0.2, 0) is 44.7 Å². The van der Waals surface area contributed by atoms with Gasteiger partial charge in [0.15, 0.2) is 0 Å². The molecule has 0 aliphatic carbocycles. The first-order chi connectivity index (χ1) is 26.5. The fraction of sp³-hybridized carbons (Fsp3) is 0.553. The molecule has 0 unspecified atom stereocenters. The van der Waals surface area contributed by atoms with Crippen LogP contribution in [-0.4, -0.2) is 106 Å². The number of amides is 5. The molecule has 7 atom stereocenters. The van der Waals surface area contributed by atoms with Gasteiger partial charge < -0.3 is 41.0 Å². The van der Waals surface area contributed by atoms with Gasteiger partial charge in [-0.3, -0.25) is 33.6 Å². The van der Waals surface area contributed by atoms with Gasteiger partial charge in [0.2, 0.25) is 23.6 Å². The summed E-state index contributed by atoms with van der Waals surface area (Å²) < 4.78 is 10.6. The first kappa shape index (κ1) is 43.8. The highest BCUT2D eigenvalue weighted by molar-refractivity contribution is 7.80. The number of hydrogen-bond donors (Lipinski definition) is 5. The maximum absolute atomic E-state index is 14.3. The molecule has 1 aromatic carbocycles. The molecular formula is C38H51N7O9S2. The van der Waals surface area contributed by atoms with Crippen LogP contribution in [0.1, 0.15) is 88.4 Å². The van der Waals surface area contributed by atoms with E-state index < -0.39 is 89.7 Å². The summed E-state index contributed by atoms with van der Waals surface area (Å²) in [5, 5.41) is 16.1. The van der Waals surface area contributed by atoms with Gasteiger partial charge in [0, 0.05) is 32.2 Å². The van der Waals surface area contributed by atoms with Crippen molar-refractivity contribution in [2.24, 2.45) is 11.8 Å². The average Bonchev–Trinajstić information content (AvgIpc) is 3.83. The molecule has 16 nitrogen and oxygen atoms in total. The quantitative estimate of drug-likeness (QED) is 0.191. The van der Waals surface area contributed by atoms with E-state index >= 15 is 0 Å². The molecule has 5 N–H and O–H groups in total. The van der Waals surface area contributed by atoms with E-state index in [0.717, 1.165) is 11.3 Å². The molecule has 3 heterocycles. The third-order valence-electron chi connectivity index (χ3n) is 9.45. The number of nitrogens with one attached hydrogen (secondary N) is 5. The summed E-state index contributed by atoms with van der Waals surface area (Å²) in [6, 6.07) is 2.62. The molecule has 0 spiro atoms. The van der Waals surface area contributed by atoms with Crippen molar-refractivity contribution in [3.8, 4) is 0 Å². The molecule has 2 bridgehead atoms. The monoisotopic (exact) mass is 813 g/mol. The Kier molecular flexibility index (Phi) is 15.4. The van der Waals surface area contributed by atoms with E-state index in [4.69, 9.17) is 21.7 Å². The van der Waals surface area contributed by atoms with Gasteiger partial charge >= 0.3 is 11.9 Å². The van der Waals surface area contributed by atoms with Gasteiger partial charge in [0.05, 0.1) is 17.1 Å². The van der Waals surface area contributed by atoms with Crippen molar-refractivity contribution in [2.75, 3.05) is 13.2 Å². The van der Waals surface area contributed by atoms with Crippen molar-refractivity contribution in [3.63, 3.8) is 0 Å². The van der Waals surface area contributed by atoms with E-state index in [1.807, 2.05) is 13.8 Å². The summed E-state index contributed by atoms with van der Waals surface area (Å²) in [5.74, 6) is -5.23. The Bertz CT molecular complexity index is 1790. The minimum atomic E-state index is -1.47. The topological polar surface area (TPSA) is 214 Å². The van der Waals surface area contributed by atoms with Crippen molar-refractivity contribution < 1.29 is 43.0 Å². The van der Waals surface area contributed by atoms with E-state index in [0.29, 0.717) is 30.0 Å². The highest BCUT2D eigenvalue weighted by Crippen LogP contribution is 2.26. The number of esters is 2. The van der Waals surface area contributed by atoms with Crippen LogP contribution in [0.2, 0.25) is 0 Å². The zero-order valence-corrected chi connectivity index (χ0v) is 34.2. The molecule has 304 valence electrons. The van der Waals surface area contributed by atoms with Gasteiger partial charge in [0.1, 0.15) is 47.6 Å². The summed E-state index contributed by atoms with van der Waals surface area (Å²) in [7, 11) is 0. The Morgan fingerprint density at radius 2 is 1.46 bits per heavy atom. The minimum absolute atomic E-state index is 0.0143. The molecule has 5 amide bonds. The molecule has 0 radical (unpaired) electrons. The lowest BCUT2D eigenvalue weighted by atomic mass is 10.0. The van der Waals surface area contributed by atoms with Crippen LogP contribution in [0, 0.1) is 11.8 Å². The number of carbonyl (C=O) groups excluding carboxylic acids is 7. The van der Waals surface area contributed by atoms with Gasteiger partial charge in [-0.2, -0.15) is 0 Å². The number of fused-ring (bicyclic) bond motifs is 3. The van der Waals surface area contributed by atoms with Crippen LogP contribution in [0.5, 0.6) is 0 Å². The maximum Gasteiger partial charge on any atom is 0.302 e. The predicted octanol–water partition coefficient (Wildman–Crippen LogP) is 1.73. The molecule has 18 heteroatoms. The Hall–Kier alpha value is -4.97. The standard InChI is InChI=1S/C38H51N7O9S2/c1-19(2)29-37-41-27(18-56-37)34(50)39-25(16-24-12-9-8-10-13-24)32(48)44-31(21(5)54-23(7)47)35(51)43-30(20(3)4)38(52)45-15-11-14-28(45)36(55)40-26(33(49)42-29)17-53-22(6)46/h8-10,12-13,18-21,25-26,28-31H,11,14-17H2,1-7H3,(H,39,50)(H,40,55)(H,42,49)(H,43,51)(H,44,48)/t21-,25+,26-,28-,29+,30-,31-/m0/s1. The van der Waals surface area contributed by atoms with E-state index in [9.17, 15) is 33.6 Å². The molecule has 56 heavy (non-hydrogen) atoms. The second kappa shape index (κ2) is 19.8. The molecular weight excluding hydrogens is 763 g/mol. The van der Waals surface area contributed by atoms with E-state index in [-0.39, 0.29) is 29.6 Å². The SMILES string of the molecule is CC(=O)OC[C@@H]1NC(=S)[C@@H]2CCCN2C(=O)[C@H](C(C)C)NC(=O)[C@H]([C@H](C)OC(C)=O)NC(=O)[C@@H](Cc2ccccc2)NC(=O)c2csc(n2)[C@@H](C(C)C)NC1=O. The second-order valence-electron chi connectivity index (χ2n) is 14.6. The Labute approximate surface area is 335 Å². The lowest BCUT2D eigenvalue weighted by Gasteiger charge is -2.34. The number of aromatic nitrogens is 1. The summed E-state index contributed by atoms with van der Waals surface area (Å²) >= 11 is 6.91. The molecule has 2 aliphatic rings. The number of hydrogen-bond acceptors (Lipinski definition) is 12. The van der Waals surface area contributed by atoms with Gasteiger partial charge in [-0.1, -0.05) is 70.2 Å². The van der Waals surface area contributed by atoms with E-state index in [1.54, 1.807) is 44.2 Å². The lowest BCUT2D eigenvalue weighted by molar-refractivity contribution is -0.151. The largest absolute Gasteiger partial charge is 0.463 e. The fourth-order valence-corrected chi connectivity index (χ4v) is 7.87. The summed E-state index contributed by atoms with van der Waals surface area (Å²) in [4.78, 5) is 100. The van der Waals surface area contributed by atoms with Crippen LogP contribution >= 0.6 is 23.6 Å². The average molecular weight is 814 g/mol. The minimum Gasteiger partial charge on any atom is -0.463 e. The van der Waals surface area contributed by atoms with Gasteiger partial charge in [-0.05, 0) is 37.2 Å². The van der Waals surface area contributed by atoms with E-state index in [1.165, 1.54) is 31.1 Å². The number of rotatable bonds is 8. The first-order valence-electron chi connectivity index (χ1n) is 18.6. The molecule has 1 saturated heterocycles. The lowest BCUT2D eigenvalue weighted by Crippen LogP contribution is -2.62. The van der Waals surface area contributed by atoms with Gasteiger partial charge in [-0.15, -0.1) is 11.3 Å². The van der Waals surface area contributed by atoms with Gasteiger partial charge in [-0.25, -0.2) is 4.98 Å². The number of benzene rings is 1. The van der Waals surface area contributed by atoms with Crippen molar-refractivity contribution in [3.05, 3.63) is 52.0 Å². The van der Waals surface area contributed by atoms with Crippen molar-refractivity contribution in [2.45, 2.75) is 110 Å². The third kappa shape index (κ3) is 11.5. The normalized spacial score (nSPS) is 24.8. The number of nitrogens with zero attached hydrogens (tertiary/aromatic N) is 2. The number of ether oxygens (including phenoxy) is 2. The van der Waals surface area contributed by atoms with Crippen molar-refractivity contribution >= 4 is 70.0 Å². The van der Waals surface area contributed by atoms with Crippen molar-refractivity contribution in [1.82, 2.24) is 36.5 Å². The highest BCUT2D eigenvalue weighted by Gasteiger charge is 2.41. The smallest absolute Gasteiger partial charge is 0.302 e. The zero-order chi connectivity index (χ0) is 41.3. The summed E-state index contributed by atoms with van der Waals surface area (Å²) in [5.41, 5.74) is 0.689. The highest BCUT2D eigenvalue weighted by atomic mass is 32.1. The van der Waals surface area contributed by atoms with Crippen molar-refractivity contribution in [1.29, 1.82) is 0 Å². The predicted molar refractivity (Wildman–Crippen MR) is 210 cm³/mol. The maximum atomic E-state index is 14.3. The Balaban J connectivity index is 1.80. The zero-order valence-electron chi connectivity index (χ0n) is 32.6. The molecule has 2 aromatic rings. The fourth-order valence-electron chi connectivity index (χ4n) is 6.46. The van der Waals surface area contributed by atoms with E-state index in [2.05, 4.69) is 31.6 Å². The van der Waals surface area contributed by atoms with Crippen LogP contribution in [0.3, 0.4) is 0 Å². The Morgan fingerprint density at radius 3 is 2.09 bits per heavy atom. The number of thiocarbonyl (C=S) groups is 1. The second-order valence-corrected chi connectivity index (χ2v) is 15.9. The van der Waals surface area contributed by atoms with Crippen LogP contribution in [0.25, 0.3) is 0 Å². The Morgan fingerprint density at radius 1 is 0.839 bits per heavy atom. The molecule has 1 aromatic heterocycles. The first-order valence-corrected chi connectivity index (χ1v) is 19.9. The molecule has 1 fully saturated rings. The molecule has 0 saturated carbocycles. The van der Waals surface area contributed by atoms with Crippen LogP contribution in [0.15, 0.2) is 35.7 Å².